The Morgan fingerprint density at radius 3 is 2.54 bits per heavy atom. The minimum atomic E-state index is -0.0323. The van der Waals surface area contributed by atoms with Crippen LogP contribution in [0.5, 0.6) is 0 Å². The van der Waals surface area contributed by atoms with Crippen LogP contribution in [-0.2, 0) is 4.74 Å². The zero-order chi connectivity index (χ0) is 18.4. The van der Waals surface area contributed by atoms with Crippen molar-refractivity contribution in [2.75, 3.05) is 25.2 Å². The monoisotopic (exact) mass is 366 g/mol. The average Bonchev–Trinajstić information content (AvgIpc) is 3.16. The zero-order valence-corrected chi connectivity index (χ0v) is 15.8. The van der Waals surface area contributed by atoms with E-state index in [1.165, 1.54) is 11.3 Å². The molecule has 1 aromatic heterocycles. The van der Waals surface area contributed by atoms with Gasteiger partial charge in [0.15, 0.2) is 5.13 Å². The number of rotatable bonds is 7. The first kappa shape index (κ1) is 18.3. The predicted molar refractivity (Wildman–Crippen MR) is 107 cm³/mol. The van der Waals surface area contributed by atoms with Gasteiger partial charge in [-0.15, -0.1) is 11.3 Å². The molecule has 5 heteroatoms. The number of carbonyl (C=O) groups excluding carboxylic acids is 1. The molecule has 0 saturated carbocycles. The van der Waals surface area contributed by atoms with Crippen molar-refractivity contribution in [1.82, 2.24) is 4.98 Å². The van der Waals surface area contributed by atoms with Crippen LogP contribution in [0.2, 0.25) is 0 Å². The molecule has 0 spiro atoms. The lowest BCUT2D eigenvalue weighted by atomic mass is 10.1. The van der Waals surface area contributed by atoms with Gasteiger partial charge in [-0.1, -0.05) is 48.0 Å². The molecular weight excluding hydrogens is 344 g/mol. The Balaban J connectivity index is 1.87. The molecule has 0 aliphatic rings. The first-order chi connectivity index (χ1) is 12.7. The van der Waals surface area contributed by atoms with Crippen molar-refractivity contribution < 1.29 is 9.53 Å². The normalized spacial score (nSPS) is 10.7. The molecule has 26 heavy (non-hydrogen) atoms. The summed E-state index contributed by atoms with van der Waals surface area (Å²) in [4.78, 5) is 19.5. The summed E-state index contributed by atoms with van der Waals surface area (Å²) in [7, 11) is 1.67. The van der Waals surface area contributed by atoms with Gasteiger partial charge >= 0.3 is 0 Å². The number of aryl methyl sites for hydroxylation is 1. The number of nitrogens with zero attached hydrogens (tertiary/aromatic N) is 2. The number of benzene rings is 2. The molecule has 134 valence electrons. The van der Waals surface area contributed by atoms with Crippen molar-refractivity contribution in [2.45, 2.75) is 13.3 Å². The topological polar surface area (TPSA) is 42.4 Å². The van der Waals surface area contributed by atoms with Gasteiger partial charge in [-0.05, 0) is 25.5 Å². The fraction of sp³-hybridized carbons (Fsp3) is 0.238. The Kier molecular flexibility index (Phi) is 6.15. The lowest BCUT2D eigenvalue weighted by Crippen LogP contribution is -2.32. The molecule has 2 aromatic carbocycles. The smallest absolute Gasteiger partial charge is 0.260 e. The third-order valence-electron chi connectivity index (χ3n) is 4.07. The van der Waals surface area contributed by atoms with E-state index in [1.54, 1.807) is 12.0 Å². The van der Waals surface area contributed by atoms with Gasteiger partial charge in [0, 0.05) is 36.8 Å². The third-order valence-corrected chi connectivity index (χ3v) is 4.93. The molecular formula is C21H22N2O2S. The molecule has 0 unspecified atom stereocenters. The van der Waals surface area contributed by atoms with Crippen molar-refractivity contribution in [1.29, 1.82) is 0 Å². The van der Waals surface area contributed by atoms with E-state index >= 15 is 0 Å². The molecule has 0 atom stereocenters. The van der Waals surface area contributed by atoms with Crippen LogP contribution in [0.1, 0.15) is 22.3 Å². The summed E-state index contributed by atoms with van der Waals surface area (Å²) in [6.07, 6.45) is 0.758. The lowest BCUT2D eigenvalue weighted by Gasteiger charge is -2.20. The van der Waals surface area contributed by atoms with Gasteiger partial charge < -0.3 is 4.74 Å². The lowest BCUT2D eigenvalue weighted by molar-refractivity contribution is 0.0983. The van der Waals surface area contributed by atoms with E-state index in [9.17, 15) is 4.79 Å². The molecule has 0 N–H and O–H groups in total. The predicted octanol–water partition coefficient (Wildman–Crippen LogP) is 4.80. The number of amides is 1. The highest BCUT2D eigenvalue weighted by Crippen LogP contribution is 2.28. The second-order valence-corrected chi connectivity index (χ2v) is 6.89. The first-order valence-corrected chi connectivity index (χ1v) is 9.45. The Hall–Kier alpha value is -2.50. The molecule has 3 rings (SSSR count). The van der Waals surface area contributed by atoms with Crippen LogP contribution in [0, 0.1) is 6.92 Å². The van der Waals surface area contributed by atoms with Gasteiger partial charge in [0.1, 0.15) is 0 Å². The van der Waals surface area contributed by atoms with E-state index in [-0.39, 0.29) is 5.91 Å². The molecule has 0 aliphatic heterocycles. The second kappa shape index (κ2) is 8.74. The Labute approximate surface area is 158 Å². The first-order valence-electron chi connectivity index (χ1n) is 8.57. The van der Waals surface area contributed by atoms with Crippen LogP contribution in [0.25, 0.3) is 11.3 Å². The van der Waals surface area contributed by atoms with Crippen LogP contribution in [0.3, 0.4) is 0 Å². The standard InChI is InChI=1S/C21H22N2O2S/c1-16-9-11-18(12-10-16)20(24)23(13-6-14-25-2)21-22-19(15-26-21)17-7-4-3-5-8-17/h3-5,7-12,15H,6,13-14H2,1-2H3. The van der Waals surface area contributed by atoms with Gasteiger partial charge in [-0.25, -0.2) is 4.98 Å². The maximum Gasteiger partial charge on any atom is 0.260 e. The van der Waals surface area contributed by atoms with Gasteiger partial charge in [-0.3, -0.25) is 9.69 Å². The quantitative estimate of drug-likeness (QED) is 0.564. The van der Waals surface area contributed by atoms with Gasteiger partial charge in [0.2, 0.25) is 0 Å². The van der Waals surface area contributed by atoms with E-state index in [4.69, 9.17) is 9.72 Å². The summed E-state index contributed by atoms with van der Waals surface area (Å²) < 4.78 is 5.15. The molecule has 1 amide bonds. The highest BCUT2D eigenvalue weighted by Gasteiger charge is 2.20. The van der Waals surface area contributed by atoms with Crippen LogP contribution in [0.15, 0.2) is 60.0 Å². The summed E-state index contributed by atoms with van der Waals surface area (Å²) in [6, 6.07) is 17.7. The van der Waals surface area contributed by atoms with Crippen molar-refractivity contribution >= 4 is 22.4 Å². The van der Waals surface area contributed by atoms with Crippen LogP contribution in [-0.4, -0.2) is 31.2 Å². The molecule has 0 fully saturated rings. The maximum atomic E-state index is 13.0. The number of ether oxygens (including phenoxy) is 1. The van der Waals surface area contributed by atoms with Crippen molar-refractivity contribution in [2.24, 2.45) is 0 Å². The van der Waals surface area contributed by atoms with E-state index in [2.05, 4.69) is 0 Å². The largest absolute Gasteiger partial charge is 0.385 e. The van der Waals surface area contributed by atoms with E-state index < -0.39 is 0 Å². The minimum Gasteiger partial charge on any atom is -0.385 e. The van der Waals surface area contributed by atoms with E-state index in [0.717, 1.165) is 23.2 Å². The molecule has 4 nitrogen and oxygen atoms in total. The van der Waals surface area contributed by atoms with Gasteiger partial charge in [0.05, 0.1) is 5.69 Å². The second-order valence-electron chi connectivity index (χ2n) is 6.05. The minimum absolute atomic E-state index is 0.0323. The SMILES string of the molecule is COCCCN(C(=O)c1ccc(C)cc1)c1nc(-c2ccccc2)cs1. The number of thiazole rings is 1. The van der Waals surface area contributed by atoms with Crippen LogP contribution in [0.4, 0.5) is 5.13 Å². The van der Waals surface area contributed by atoms with Crippen molar-refractivity contribution in [3.8, 4) is 11.3 Å². The molecule has 1 heterocycles. The molecule has 3 aromatic rings. The Morgan fingerprint density at radius 2 is 1.85 bits per heavy atom. The van der Waals surface area contributed by atoms with Crippen LogP contribution < -0.4 is 4.90 Å². The summed E-state index contributed by atoms with van der Waals surface area (Å²) in [5.41, 5.74) is 3.74. The number of carbonyl (C=O) groups is 1. The molecule has 0 aliphatic carbocycles. The van der Waals surface area contributed by atoms with E-state index in [0.29, 0.717) is 23.8 Å². The van der Waals surface area contributed by atoms with E-state index in [1.807, 2.05) is 66.9 Å². The number of hydrogen-bond acceptors (Lipinski definition) is 4. The molecule has 0 radical (unpaired) electrons. The fourth-order valence-electron chi connectivity index (χ4n) is 2.63. The zero-order valence-electron chi connectivity index (χ0n) is 15.0. The van der Waals surface area contributed by atoms with Crippen LogP contribution >= 0.6 is 11.3 Å². The Morgan fingerprint density at radius 1 is 1.12 bits per heavy atom. The fourth-order valence-corrected chi connectivity index (χ4v) is 3.49. The van der Waals surface area contributed by atoms with Gasteiger partial charge in [0.25, 0.3) is 5.91 Å². The van der Waals surface area contributed by atoms with Crippen molar-refractivity contribution in [3.63, 3.8) is 0 Å². The number of methoxy groups -OCH3 is 1. The van der Waals surface area contributed by atoms with Gasteiger partial charge in [-0.2, -0.15) is 0 Å². The third kappa shape index (κ3) is 4.36. The maximum absolute atomic E-state index is 13.0. The Bertz CT molecular complexity index is 844. The number of hydrogen-bond donors (Lipinski definition) is 0. The molecule has 0 saturated heterocycles. The summed E-state index contributed by atoms with van der Waals surface area (Å²) in [5.74, 6) is -0.0323. The van der Waals surface area contributed by atoms with Crippen molar-refractivity contribution in [3.05, 3.63) is 71.1 Å². The summed E-state index contributed by atoms with van der Waals surface area (Å²) in [5, 5.41) is 2.71. The number of anilines is 1. The summed E-state index contributed by atoms with van der Waals surface area (Å²) in [6.45, 7) is 3.19. The average molecular weight is 366 g/mol. The highest BCUT2D eigenvalue weighted by molar-refractivity contribution is 7.14. The summed E-state index contributed by atoms with van der Waals surface area (Å²) >= 11 is 1.49. The molecule has 0 bridgehead atoms. The highest BCUT2D eigenvalue weighted by atomic mass is 32.1. The number of aromatic nitrogens is 1.